The van der Waals surface area contributed by atoms with Crippen molar-refractivity contribution in [1.29, 1.82) is 0 Å². The first-order valence-electron chi connectivity index (χ1n) is 6.67. The van der Waals surface area contributed by atoms with Gasteiger partial charge in [-0.25, -0.2) is 0 Å². The molecule has 0 radical (unpaired) electrons. The molecular weight excluding hydrogens is 252 g/mol. The summed E-state index contributed by atoms with van der Waals surface area (Å²) in [5, 5.41) is 3.20. The zero-order valence-electron chi connectivity index (χ0n) is 11.8. The minimum atomic E-state index is 0. The van der Waals surface area contributed by atoms with Crippen LogP contribution in [0, 0.1) is 5.92 Å². The van der Waals surface area contributed by atoms with Gasteiger partial charge in [0.1, 0.15) is 0 Å². The topological polar surface area (TPSA) is 41.6 Å². The number of carbonyl (C=O) groups is 1. The summed E-state index contributed by atoms with van der Waals surface area (Å²) < 4.78 is 5.41. The number of likely N-dealkylation sites (tertiary alicyclic amines) is 1. The second-order valence-corrected chi connectivity index (χ2v) is 5.05. The predicted octanol–water partition coefficient (Wildman–Crippen LogP) is 1.68. The van der Waals surface area contributed by atoms with Gasteiger partial charge in [0, 0.05) is 13.1 Å². The molecule has 0 aromatic heterocycles. The Morgan fingerprint density at radius 3 is 2.50 bits per heavy atom. The predicted molar refractivity (Wildman–Crippen MR) is 76.2 cm³/mol. The van der Waals surface area contributed by atoms with Crippen LogP contribution in [0.25, 0.3) is 0 Å². The monoisotopic (exact) mass is 278 g/mol. The molecule has 1 saturated heterocycles. The van der Waals surface area contributed by atoms with Crippen LogP contribution in [0.4, 0.5) is 0 Å². The van der Waals surface area contributed by atoms with Gasteiger partial charge < -0.3 is 15.0 Å². The number of ether oxygens (including phenoxy) is 1. The molecule has 0 atom stereocenters. The Morgan fingerprint density at radius 2 is 2.00 bits per heavy atom. The summed E-state index contributed by atoms with van der Waals surface area (Å²) >= 11 is 0. The van der Waals surface area contributed by atoms with Crippen LogP contribution in [0.2, 0.25) is 0 Å². The smallest absolute Gasteiger partial charge is 0.224 e. The lowest BCUT2D eigenvalue weighted by Crippen LogP contribution is -2.40. The number of nitrogens with zero attached hydrogens (tertiary/aromatic N) is 1. The molecule has 18 heavy (non-hydrogen) atoms. The number of rotatable bonds is 6. The van der Waals surface area contributed by atoms with E-state index < -0.39 is 0 Å². The lowest BCUT2D eigenvalue weighted by molar-refractivity contribution is -0.134. The molecule has 108 valence electrons. The molecule has 1 aliphatic rings. The lowest BCUT2D eigenvalue weighted by Gasteiger charge is -2.32. The van der Waals surface area contributed by atoms with Gasteiger partial charge >= 0.3 is 0 Å². The van der Waals surface area contributed by atoms with E-state index in [-0.39, 0.29) is 24.4 Å². The highest BCUT2D eigenvalue weighted by molar-refractivity contribution is 5.85. The van der Waals surface area contributed by atoms with Gasteiger partial charge in [0.25, 0.3) is 0 Å². The van der Waals surface area contributed by atoms with Crippen molar-refractivity contribution in [3.8, 4) is 0 Å². The van der Waals surface area contributed by atoms with Crippen molar-refractivity contribution in [2.24, 2.45) is 5.92 Å². The molecule has 1 fully saturated rings. The Bertz CT molecular complexity index is 229. The Labute approximate surface area is 117 Å². The third-order valence-corrected chi connectivity index (χ3v) is 3.23. The van der Waals surface area contributed by atoms with E-state index in [0.717, 1.165) is 38.4 Å². The van der Waals surface area contributed by atoms with Crippen LogP contribution in [0.15, 0.2) is 0 Å². The van der Waals surface area contributed by atoms with E-state index in [1.807, 2.05) is 25.8 Å². The Balaban J connectivity index is 0.00000289. The Hall–Kier alpha value is -0.320. The van der Waals surface area contributed by atoms with Crippen molar-refractivity contribution in [3.63, 3.8) is 0 Å². The normalized spacial score (nSPS) is 16.8. The highest BCUT2D eigenvalue weighted by Crippen LogP contribution is 2.16. The van der Waals surface area contributed by atoms with Gasteiger partial charge in [0.2, 0.25) is 5.91 Å². The first kappa shape index (κ1) is 17.7. The number of hydrogen-bond donors (Lipinski definition) is 1. The van der Waals surface area contributed by atoms with Crippen molar-refractivity contribution >= 4 is 18.3 Å². The van der Waals surface area contributed by atoms with Crippen LogP contribution >= 0.6 is 12.4 Å². The third-order valence-electron chi connectivity index (χ3n) is 3.23. The van der Waals surface area contributed by atoms with Gasteiger partial charge in [-0.05, 0) is 46.2 Å². The average molecular weight is 279 g/mol. The Kier molecular flexibility index (Phi) is 9.42. The second kappa shape index (κ2) is 9.59. The quantitative estimate of drug-likeness (QED) is 0.804. The highest BCUT2D eigenvalue weighted by Gasteiger charge is 2.21. The van der Waals surface area contributed by atoms with Gasteiger partial charge in [0.15, 0.2) is 0 Å². The number of amides is 1. The van der Waals surface area contributed by atoms with Gasteiger partial charge in [-0.1, -0.05) is 0 Å². The number of carbonyl (C=O) groups excluding carboxylic acids is 1. The fourth-order valence-corrected chi connectivity index (χ4v) is 2.22. The first-order chi connectivity index (χ1) is 8.13. The summed E-state index contributed by atoms with van der Waals surface area (Å²) in [6, 6.07) is 0. The molecular formula is C13H27ClN2O2. The van der Waals surface area contributed by atoms with Crippen molar-refractivity contribution in [1.82, 2.24) is 10.2 Å². The van der Waals surface area contributed by atoms with Gasteiger partial charge in [-0.3, -0.25) is 4.79 Å². The third kappa shape index (κ3) is 6.57. The summed E-state index contributed by atoms with van der Waals surface area (Å²) in [6.45, 7) is 7.42. The number of halogens is 1. The van der Waals surface area contributed by atoms with Crippen LogP contribution in [0.3, 0.4) is 0 Å². The fraction of sp³-hybridized carbons (Fsp3) is 0.923. The molecule has 1 aliphatic heterocycles. The molecule has 0 unspecified atom stereocenters. The molecule has 1 rings (SSSR count). The number of hydrogen-bond acceptors (Lipinski definition) is 3. The molecule has 0 saturated carbocycles. The maximum Gasteiger partial charge on any atom is 0.224 e. The summed E-state index contributed by atoms with van der Waals surface area (Å²) in [5.41, 5.74) is 0. The van der Waals surface area contributed by atoms with Crippen LogP contribution in [-0.2, 0) is 9.53 Å². The zero-order chi connectivity index (χ0) is 12.7. The molecule has 1 heterocycles. The van der Waals surface area contributed by atoms with Crippen molar-refractivity contribution in [2.75, 3.05) is 33.3 Å². The first-order valence-corrected chi connectivity index (χ1v) is 6.67. The van der Waals surface area contributed by atoms with E-state index >= 15 is 0 Å². The molecule has 1 N–H and O–H groups in total. The van der Waals surface area contributed by atoms with Crippen LogP contribution in [0.5, 0.6) is 0 Å². The summed E-state index contributed by atoms with van der Waals surface area (Å²) in [7, 11) is 1.99. The second-order valence-electron chi connectivity index (χ2n) is 5.05. The molecule has 4 nitrogen and oxygen atoms in total. The molecule has 5 heteroatoms. The lowest BCUT2D eigenvalue weighted by atomic mass is 9.97. The minimum Gasteiger partial charge on any atom is -0.378 e. The van der Waals surface area contributed by atoms with E-state index in [9.17, 15) is 4.79 Å². The molecule has 0 bridgehead atoms. The molecule has 0 aliphatic carbocycles. The highest BCUT2D eigenvalue weighted by atomic mass is 35.5. The summed E-state index contributed by atoms with van der Waals surface area (Å²) in [6.07, 6.45) is 2.98. The van der Waals surface area contributed by atoms with E-state index in [4.69, 9.17) is 4.74 Å². The SMILES string of the molecule is CNCC1CCN(C(=O)CCOC(C)C)CC1.Cl. The summed E-state index contributed by atoms with van der Waals surface area (Å²) in [5.74, 6) is 0.976. The van der Waals surface area contributed by atoms with Gasteiger partial charge in [-0.15, -0.1) is 12.4 Å². The van der Waals surface area contributed by atoms with Crippen molar-refractivity contribution in [2.45, 2.75) is 39.2 Å². The fourth-order valence-electron chi connectivity index (χ4n) is 2.22. The number of piperidine rings is 1. The standard InChI is InChI=1S/C13H26N2O2.ClH/c1-11(2)17-9-6-13(16)15-7-4-12(5-8-15)10-14-3;/h11-12,14H,4-10H2,1-3H3;1H. The maximum absolute atomic E-state index is 11.9. The van der Waals surface area contributed by atoms with Crippen molar-refractivity contribution < 1.29 is 9.53 Å². The van der Waals surface area contributed by atoms with Gasteiger partial charge in [-0.2, -0.15) is 0 Å². The largest absolute Gasteiger partial charge is 0.378 e. The number of nitrogens with one attached hydrogen (secondary N) is 1. The van der Waals surface area contributed by atoms with E-state index in [1.165, 1.54) is 0 Å². The van der Waals surface area contributed by atoms with Gasteiger partial charge in [0.05, 0.1) is 19.1 Å². The molecule has 0 aromatic rings. The van der Waals surface area contributed by atoms with E-state index in [2.05, 4.69) is 5.32 Å². The van der Waals surface area contributed by atoms with E-state index in [0.29, 0.717) is 13.0 Å². The van der Waals surface area contributed by atoms with E-state index in [1.54, 1.807) is 0 Å². The van der Waals surface area contributed by atoms with Crippen molar-refractivity contribution in [3.05, 3.63) is 0 Å². The molecule has 0 aromatic carbocycles. The van der Waals surface area contributed by atoms with Crippen LogP contribution in [-0.4, -0.2) is 50.2 Å². The van der Waals surface area contributed by atoms with Crippen LogP contribution < -0.4 is 5.32 Å². The average Bonchev–Trinajstić information content (AvgIpc) is 2.30. The Morgan fingerprint density at radius 1 is 1.39 bits per heavy atom. The molecule has 0 spiro atoms. The maximum atomic E-state index is 11.9. The molecule has 1 amide bonds. The minimum absolute atomic E-state index is 0. The zero-order valence-corrected chi connectivity index (χ0v) is 12.6. The summed E-state index contributed by atoms with van der Waals surface area (Å²) in [4.78, 5) is 13.9. The van der Waals surface area contributed by atoms with Crippen LogP contribution in [0.1, 0.15) is 33.1 Å².